The van der Waals surface area contributed by atoms with E-state index in [-0.39, 0.29) is 0 Å². The maximum atomic E-state index is 5.99. The van der Waals surface area contributed by atoms with E-state index in [4.69, 9.17) is 26.8 Å². The Bertz CT molecular complexity index is 587. The van der Waals surface area contributed by atoms with Crippen LogP contribution in [0.3, 0.4) is 0 Å². The van der Waals surface area contributed by atoms with Crippen molar-refractivity contribution in [2.24, 2.45) is 0 Å². The van der Waals surface area contributed by atoms with Crippen LogP contribution in [0.4, 0.5) is 11.4 Å². The molecule has 6 heteroatoms. The fraction of sp³-hybridized carbons (Fsp3) is 0.286. The molecule has 0 aliphatic rings. The molecule has 0 atom stereocenters. The lowest BCUT2D eigenvalue weighted by Gasteiger charge is -2.13. The molecule has 0 saturated heterocycles. The van der Waals surface area contributed by atoms with Crippen LogP contribution in [0.2, 0.25) is 4.34 Å². The molecule has 2 rings (SSSR count). The molecule has 0 amide bonds. The first-order chi connectivity index (χ1) is 9.63. The van der Waals surface area contributed by atoms with Crippen LogP contribution in [-0.2, 0) is 6.42 Å². The Kier molecular flexibility index (Phi) is 4.98. The minimum Gasteiger partial charge on any atom is -0.493 e. The predicted molar refractivity (Wildman–Crippen MR) is 85.5 cm³/mol. The molecular formula is C14H17ClN2O2S. The van der Waals surface area contributed by atoms with Gasteiger partial charge in [-0.25, -0.2) is 0 Å². The third-order valence-corrected chi connectivity index (χ3v) is 4.16. The standard InChI is InChI=1S/C14H17ClN2O2S/c1-18-12-7-10(16)11(8-13(12)19-2)17-6-5-9-3-4-14(15)20-9/h3-4,7-8,17H,5-6,16H2,1-2H3. The molecule has 1 aromatic heterocycles. The highest BCUT2D eigenvalue weighted by Gasteiger charge is 2.09. The van der Waals surface area contributed by atoms with E-state index in [1.54, 1.807) is 31.6 Å². The van der Waals surface area contributed by atoms with Gasteiger partial charge in [-0.3, -0.25) is 0 Å². The van der Waals surface area contributed by atoms with E-state index in [9.17, 15) is 0 Å². The van der Waals surface area contributed by atoms with Crippen molar-refractivity contribution in [1.82, 2.24) is 0 Å². The highest BCUT2D eigenvalue weighted by Crippen LogP contribution is 2.34. The van der Waals surface area contributed by atoms with Gasteiger partial charge in [-0.2, -0.15) is 0 Å². The second kappa shape index (κ2) is 6.72. The number of thiophene rings is 1. The fourth-order valence-corrected chi connectivity index (χ4v) is 2.94. The molecule has 0 aliphatic heterocycles. The van der Waals surface area contributed by atoms with Crippen molar-refractivity contribution < 1.29 is 9.47 Å². The summed E-state index contributed by atoms with van der Waals surface area (Å²) in [5.74, 6) is 1.28. The van der Waals surface area contributed by atoms with Crippen molar-refractivity contribution >= 4 is 34.3 Å². The van der Waals surface area contributed by atoms with Gasteiger partial charge in [-0.15, -0.1) is 11.3 Å². The van der Waals surface area contributed by atoms with E-state index in [0.717, 1.165) is 23.0 Å². The smallest absolute Gasteiger partial charge is 0.162 e. The Balaban J connectivity index is 2.02. The van der Waals surface area contributed by atoms with Gasteiger partial charge in [0.05, 0.1) is 29.9 Å². The molecular weight excluding hydrogens is 296 g/mol. The molecule has 0 saturated carbocycles. The monoisotopic (exact) mass is 312 g/mol. The molecule has 0 spiro atoms. The summed E-state index contributed by atoms with van der Waals surface area (Å²) in [5.41, 5.74) is 7.46. The third-order valence-electron chi connectivity index (χ3n) is 2.87. The first kappa shape index (κ1) is 14.8. The maximum absolute atomic E-state index is 5.99. The molecule has 0 radical (unpaired) electrons. The highest BCUT2D eigenvalue weighted by atomic mass is 35.5. The molecule has 4 nitrogen and oxygen atoms in total. The zero-order valence-corrected chi connectivity index (χ0v) is 13.0. The number of hydrogen-bond donors (Lipinski definition) is 2. The van der Waals surface area contributed by atoms with E-state index in [1.807, 2.05) is 18.2 Å². The van der Waals surface area contributed by atoms with Crippen molar-refractivity contribution in [3.05, 3.63) is 33.5 Å². The summed E-state index contributed by atoms with van der Waals surface area (Å²) >= 11 is 7.49. The fourth-order valence-electron chi connectivity index (χ4n) is 1.85. The van der Waals surface area contributed by atoms with Gasteiger partial charge in [-0.1, -0.05) is 11.6 Å². The summed E-state index contributed by atoms with van der Waals surface area (Å²) in [6, 6.07) is 7.54. The first-order valence-corrected chi connectivity index (χ1v) is 7.33. The SMILES string of the molecule is COc1cc(N)c(NCCc2ccc(Cl)s2)cc1OC. The second-order valence-electron chi connectivity index (χ2n) is 4.18. The molecule has 0 aliphatic carbocycles. The van der Waals surface area contributed by atoms with Crippen LogP contribution in [0.5, 0.6) is 11.5 Å². The minimum atomic E-state index is 0.626. The molecule has 108 valence electrons. The number of halogens is 1. The van der Waals surface area contributed by atoms with Crippen molar-refractivity contribution in [3.8, 4) is 11.5 Å². The summed E-state index contributed by atoms with van der Waals surface area (Å²) in [7, 11) is 3.19. The Hall–Kier alpha value is -1.59. The Morgan fingerprint density at radius 2 is 1.90 bits per heavy atom. The molecule has 20 heavy (non-hydrogen) atoms. The number of nitrogens with one attached hydrogen (secondary N) is 1. The first-order valence-electron chi connectivity index (χ1n) is 6.13. The van der Waals surface area contributed by atoms with Crippen LogP contribution >= 0.6 is 22.9 Å². The van der Waals surface area contributed by atoms with Crippen molar-refractivity contribution in [2.75, 3.05) is 31.8 Å². The third kappa shape index (κ3) is 3.49. The lowest BCUT2D eigenvalue weighted by Crippen LogP contribution is -2.07. The van der Waals surface area contributed by atoms with E-state index < -0.39 is 0 Å². The maximum Gasteiger partial charge on any atom is 0.162 e. The molecule has 1 heterocycles. The zero-order valence-electron chi connectivity index (χ0n) is 11.4. The van der Waals surface area contributed by atoms with E-state index in [0.29, 0.717) is 17.2 Å². The van der Waals surface area contributed by atoms with E-state index in [1.165, 1.54) is 4.88 Å². The minimum absolute atomic E-state index is 0.626. The number of benzene rings is 1. The summed E-state index contributed by atoms with van der Waals surface area (Å²) in [5, 5.41) is 3.30. The number of nitrogens with two attached hydrogens (primary N) is 1. The molecule has 0 unspecified atom stereocenters. The van der Waals surface area contributed by atoms with Crippen molar-refractivity contribution in [3.63, 3.8) is 0 Å². The van der Waals surface area contributed by atoms with Gasteiger partial charge >= 0.3 is 0 Å². The normalized spacial score (nSPS) is 10.3. The van der Waals surface area contributed by atoms with Crippen LogP contribution in [-0.4, -0.2) is 20.8 Å². The van der Waals surface area contributed by atoms with Crippen LogP contribution in [0.1, 0.15) is 4.88 Å². The van der Waals surface area contributed by atoms with Gasteiger partial charge in [-0.05, 0) is 18.6 Å². The van der Waals surface area contributed by atoms with Crippen LogP contribution in [0, 0.1) is 0 Å². The molecule has 1 aromatic carbocycles. The summed E-state index contributed by atoms with van der Waals surface area (Å²) < 4.78 is 11.3. The predicted octanol–water partition coefficient (Wildman–Crippen LogP) is 3.66. The number of anilines is 2. The lowest BCUT2D eigenvalue weighted by atomic mass is 10.2. The summed E-state index contributed by atoms with van der Waals surface area (Å²) in [4.78, 5) is 1.24. The quantitative estimate of drug-likeness (QED) is 0.799. The van der Waals surface area contributed by atoms with Crippen molar-refractivity contribution in [1.29, 1.82) is 0 Å². The molecule has 3 N–H and O–H groups in total. The van der Waals surface area contributed by atoms with Crippen LogP contribution in [0.25, 0.3) is 0 Å². The van der Waals surface area contributed by atoms with Gasteiger partial charge < -0.3 is 20.5 Å². The van der Waals surface area contributed by atoms with Gasteiger partial charge in [0.2, 0.25) is 0 Å². The molecule has 0 bridgehead atoms. The van der Waals surface area contributed by atoms with Gasteiger partial charge in [0, 0.05) is 23.6 Å². The van der Waals surface area contributed by atoms with Gasteiger partial charge in [0.1, 0.15) is 0 Å². The Labute approximate surface area is 127 Å². The average molecular weight is 313 g/mol. The van der Waals surface area contributed by atoms with E-state index in [2.05, 4.69) is 5.32 Å². The number of ether oxygens (including phenoxy) is 2. The zero-order chi connectivity index (χ0) is 14.5. The summed E-state index contributed by atoms with van der Waals surface area (Å²) in [6.45, 7) is 0.774. The Morgan fingerprint density at radius 3 is 2.50 bits per heavy atom. The molecule has 2 aromatic rings. The number of hydrogen-bond acceptors (Lipinski definition) is 5. The topological polar surface area (TPSA) is 56.5 Å². The summed E-state index contributed by atoms with van der Waals surface area (Å²) in [6.07, 6.45) is 0.894. The van der Waals surface area contributed by atoms with Gasteiger partial charge in [0.25, 0.3) is 0 Å². The average Bonchev–Trinajstić information content (AvgIpc) is 2.85. The number of methoxy groups -OCH3 is 2. The van der Waals surface area contributed by atoms with E-state index >= 15 is 0 Å². The van der Waals surface area contributed by atoms with Crippen LogP contribution < -0.4 is 20.5 Å². The Morgan fingerprint density at radius 1 is 1.20 bits per heavy atom. The highest BCUT2D eigenvalue weighted by molar-refractivity contribution is 7.16. The largest absolute Gasteiger partial charge is 0.493 e. The second-order valence-corrected chi connectivity index (χ2v) is 5.98. The number of rotatable bonds is 6. The van der Waals surface area contributed by atoms with Gasteiger partial charge in [0.15, 0.2) is 11.5 Å². The van der Waals surface area contributed by atoms with Crippen molar-refractivity contribution in [2.45, 2.75) is 6.42 Å². The molecule has 0 fully saturated rings. The van der Waals surface area contributed by atoms with Crippen LogP contribution in [0.15, 0.2) is 24.3 Å². The lowest BCUT2D eigenvalue weighted by molar-refractivity contribution is 0.355. The number of nitrogen functional groups attached to an aromatic ring is 1.